The zero-order valence-corrected chi connectivity index (χ0v) is 13.0. The Bertz CT molecular complexity index is 723. The Hall–Kier alpha value is -1.18. The van der Waals surface area contributed by atoms with Gasteiger partial charge in [0, 0.05) is 6.20 Å². The number of pyridine rings is 1. The summed E-state index contributed by atoms with van der Waals surface area (Å²) >= 11 is 11.4. The van der Waals surface area contributed by atoms with E-state index in [1.54, 1.807) is 30.3 Å². The van der Waals surface area contributed by atoms with Crippen molar-refractivity contribution < 1.29 is 13.5 Å². The third-order valence-corrected chi connectivity index (χ3v) is 4.89. The average molecular weight is 347 g/mol. The molecule has 112 valence electrons. The molecule has 1 aromatic carbocycles. The minimum atomic E-state index is -3.87. The van der Waals surface area contributed by atoms with E-state index in [4.69, 9.17) is 23.2 Å². The molecule has 0 fully saturated rings. The molecule has 0 radical (unpaired) electrons. The quantitative estimate of drug-likeness (QED) is 0.814. The van der Waals surface area contributed by atoms with Gasteiger partial charge in [0.2, 0.25) is 10.0 Å². The molecule has 1 atom stereocenters. The Kier molecular flexibility index (Phi) is 5.18. The van der Waals surface area contributed by atoms with Gasteiger partial charge >= 0.3 is 0 Å². The third kappa shape index (κ3) is 3.93. The Morgan fingerprint density at radius 3 is 2.48 bits per heavy atom. The topological polar surface area (TPSA) is 79.3 Å². The van der Waals surface area contributed by atoms with Crippen LogP contribution >= 0.6 is 23.2 Å². The highest BCUT2D eigenvalue weighted by Crippen LogP contribution is 2.23. The van der Waals surface area contributed by atoms with Gasteiger partial charge in [-0.1, -0.05) is 53.5 Å². The second-order valence-electron chi connectivity index (χ2n) is 4.21. The maximum Gasteiger partial charge on any atom is 0.242 e. The highest BCUT2D eigenvalue weighted by atomic mass is 35.5. The minimum Gasteiger partial charge on any atom is -0.394 e. The van der Waals surface area contributed by atoms with Gasteiger partial charge < -0.3 is 5.11 Å². The SMILES string of the molecule is O=S(=O)(N[C@@H](CO)c1ccccc1)c1cnc(Cl)c(Cl)c1. The molecular formula is C13H12Cl2N2O3S. The first-order valence-corrected chi connectivity index (χ1v) is 8.17. The fourth-order valence-electron chi connectivity index (χ4n) is 1.70. The predicted molar refractivity (Wildman–Crippen MR) is 80.8 cm³/mol. The van der Waals surface area contributed by atoms with Crippen LogP contribution in [0.15, 0.2) is 47.5 Å². The molecule has 5 nitrogen and oxygen atoms in total. The summed E-state index contributed by atoms with van der Waals surface area (Å²) in [6.07, 6.45) is 1.11. The lowest BCUT2D eigenvalue weighted by molar-refractivity contribution is 0.259. The summed E-state index contributed by atoms with van der Waals surface area (Å²) in [6, 6.07) is 9.20. The van der Waals surface area contributed by atoms with E-state index < -0.39 is 16.1 Å². The molecule has 8 heteroatoms. The molecule has 0 saturated heterocycles. The number of aliphatic hydroxyl groups excluding tert-OH is 1. The van der Waals surface area contributed by atoms with Crippen LogP contribution in [0.4, 0.5) is 0 Å². The van der Waals surface area contributed by atoms with Crippen molar-refractivity contribution in [2.75, 3.05) is 6.61 Å². The molecule has 1 heterocycles. The van der Waals surface area contributed by atoms with Gasteiger partial charge in [0.15, 0.2) is 0 Å². The smallest absolute Gasteiger partial charge is 0.242 e. The standard InChI is InChI=1S/C13H12Cl2N2O3S/c14-11-6-10(7-16-13(11)15)21(19,20)17-12(8-18)9-4-2-1-3-5-9/h1-7,12,17-18H,8H2/t12-/m0/s1. The molecule has 0 aliphatic rings. The number of aromatic nitrogens is 1. The highest BCUT2D eigenvalue weighted by molar-refractivity contribution is 7.89. The van der Waals surface area contributed by atoms with Gasteiger partial charge in [-0.15, -0.1) is 0 Å². The summed E-state index contributed by atoms with van der Waals surface area (Å²) < 4.78 is 27.0. The zero-order valence-electron chi connectivity index (χ0n) is 10.7. The molecule has 2 N–H and O–H groups in total. The second kappa shape index (κ2) is 6.72. The first kappa shape index (κ1) is 16.2. The van der Waals surface area contributed by atoms with Crippen LogP contribution in [0, 0.1) is 0 Å². The number of hydrogen-bond donors (Lipinski definition) is 2. The molecule has 1 aromatic heterocycles. The molecule has 0 amide bonds. The molecule has 0 unspecified atom stereocenters. The van der Waals surface area contributed by atoms with E-state index in [0.717, 1.165) is 6.20 Å². The van der Waals surface area contributed by atoms with Crippen LogP contribution in [0.3, 0.4) is 0 Å². The van der Waals surface area contributed by atoms with Crippen LogP contribution in [0.5, 0.6) is 0 Å². The first-order valence-electron chi connectivity index (χ1n) is 5.93. The van der Waals surface area contributed by atoms with Gasteiger partial charge in [0.05, 0.1) is 17.7 Å². The van der Waals surface area contributed by atoms with Gasteiger partial charge in [-0.3, -0.25) is 0 Å². The number of aliphatic hydroxyl groups is 1. The Morgan fingerprint density at radius 2 is 1.90 bits per heavy atom. The van der Waals surface area contributed by atoms with Crippen molar-refractivity contribution in [1.82, 2.24) is 9.71 Å². The van der Waals surface area contributed by atoms with E-state index >= 15 is 0 Å². The normalized spacial score (nSPS) is 13.1. The van der Waals surface area contributed by atoms with E-state index in [2.05, 4.69) is 9.71 Å². The van der Waals surface area contributed by atoms with Crippen molar-refractivity contribution in [2.24, 2.45) is 0 Å². The fraction of sp³-hybridized carbons (Fsp3) is 0.154. The van der Waals surface area contributed by atoms with Crippen molar-refractivity contribution in [3.05, 3.63) is 58.3 Å². The lowest BCUT2D eigenvalue weighted by Crippen LogP contribution is -2.31. The average Bonchev–Trinajstić information content (AvgIpc) is 2.48. The van der Waals surface area contributed by atoms with E-state index in [1.165, 1.54) is 6.07 Å². The number of benzene rings is 1. The second-order valence-corrected chi connectivity index (χ2v) is 6.69. The molecule has 21 heavy (non-hydrogen) atoms. The van der Waals surface area contributed by atoms with E-state index in [0.29, 0.717) is 5.56 Å². The Balaban J connectivity index is 2.29. The summed E-state index contributed by atoms with van der Waals surface area (Å²) in [7, 11) is -3.87. The van der Waals surface area contributed by atoms with Crippen LogP contribution in [0.25, 0.3) is 0 Å². The number of halogens is 2. The van der Waals surface area contributed by atoms with Gasteiger partial charge in [-0.25, -0.2) is 18.1 Å². The van der Waals surface area contributed by atoms with Crippen molar-refractivity contribution in [1.29, 1.82) is 0 Å². The molecule has 0 bridgehead atoms. The zero-order chi connectivity index (χ0) is 15.5. The third-order valence-electron chi connectivity index (χ3n) is 2.76. The molecular weight excluding hydrogens is 335 g/mol. The Morgan fingerprint density at radius 1 is 1.24 bits per heavy atom. The summed E-state index contributed by atoms with van der Waals surface area (Å²) in [5.41, 5.74) is 0.650. The fourth-order valence-corrected chi connectivity index (χ4v) is 3.22. The van der Waals surface area contributed by atoms with Crippen molar-refractivity contribution >= 4 is 33.2 Å². The lowest BCUT2D eigenvalue weighted by atomic mass is 10.1. The Labute approximate surface area is 132 Å². The maximum absolute atomic E-state index is 12.3. The van der Waals surface area contributed by atoms with E-state index in [-0.39, 0.29) is 21.7 Å². The molecule has 2 rings (SSSR count). The monoisotopic (exact) mass is 346 g/mol. The first-order chi connectivity index (χ1) is 9.94. The molecule has 0 saturated carbocycles. The number of rotatable bonds is 5. The van der Waals surface area contributed by atoms with Crippen LogP contribution in [0.2, 0.25) is 10.2 Å². The predicted octanol–water partition coefficient (Wildman–Crippen LogP) is 2.40. The number of nitrogens with zero attached hydrogens (tertiary/aromatic N) is 1. The van der Waals surface area contributed by atoms with Gasteiger partial charge in [-0.05, 0) is 11.6 Å². The van der Waals surface area contributed by atoms with Crippen LogP contribution < -0.4 is 4.72 Å². The van der Waals surface area contributed by atoms with Crippen molar-refractivity contribution in [3.8, 4) is 0 Å². The maximum atomic E-state index is 12.3. The summed E-state index contributed by atoms with van der Waals surface area (Å²) in [4.78, 5) is 3.58. The molecule has 0 aliphatic heterocycles. The van der Waals surface area contributed by atoms with Gasteiger partial charge in [0.1, 0.15) is 10.0 Å². The number of nitrogens with one attached hydrogen (secondary N) is 1. The molecule has 0 spiro atoms. The van der Waals surface area contributed by atoms with Crippen LogP contribution in [-0.2, 0) is 10.0 Å². The number of sulfonamides is 1. The van der Waals surface area contributed by atoms with Crippen molar-refractivity contribution in [3.63, 3.8) is 0 Å². The molecule has 0 aliphatic carbocycles. The van der Waals surface area contributed by atoms with Gasteiger partial charge in [-0.2, -0.15) is 0 Å². The number of hydrogen-bond acceptors (Lipinski definition) is 4. The summed E-state index contributed by atoms with van der Waals surface area (Å²) in [5.74, 6) is 0. The minimum absolute atomic E-state index is 0.0254. The summed E-state index contributed by atoms with van der Waals surface area (Å²) in [6.45, 7) is -0.377. The largest absolute Gasteiger partial charge is 0.394 e. The van der Waals surface area contributed by atoms with Gasteiger partial charge in [0.25, 0.3) is 0 Å². The van der Waals surface area contributed by atoms with Crippen molar-refractivity contribution in [2.45, 2.75) is 10.9 Å². The molecule has 2 aromatic rings. The lowest BCUT2D eigenvalue weighted by Gasteiger charge is -2.16. The summed E-state index contributed by atoms with van der Waals surface area (Å²) in [5, 5.41) is 9.47. The van der Waals surface area contributed by atoms with E-state index in [1.807, 2.05) is 0 Å². The van der Waals surface area contributed by atoms with E-state index in [9.17, 15) is 13.5 Å². The highest BCUT2D eigenvalue weighted by Gasteiger charge is 2.22. The van der Waals surface area contributed by atoms with Crippen LogP contribution in [-0.4, -0.2) is 25.1 Å². The van der Waals surface area contributed by atoms with Crippen LogP contribution in [0.1, 0.15) is 11.6 Å².